The fraction of sp³-hybridized carbons (Fsp3) is 0.323. The van der Waals surface area contributed by atoms with Crippen LogP contribution < -0.4 is 0 Å². The molecule has 8 aromatic rings. The zero-order valence-corrected chi connectivity index (χ0v) is 39.3. The van der Waals surface area contributed by atoms with E-state index in [0.29, 0.717) is 39.0 Å². The highest BCUT2D eigenvalue weighted by molar-refractivity contribution is 5.98. The Morgan fingerprint density at radius 1 is 0.485 bits per heavy atom. The SMILES string of the molecule is [2H]c1c([2H])c(C(C([2H])([2H])[2H])(C([2H])([2H])[2H])C([2H])([2H])[2H])c([2H])c([2H])c1-c1ccnc(-c2cc(-c3cccc4c3nc(-c3cc(C(C)(C)C)cc(C(C)(C([2H])([2H])[2H])C([2H])([2H])[2H])c3O)n4-c3ccc(C(C)(C)C)cc3-c3ccccc3)cc(C(C)(C)C)c2)c1. The fourth-order valence-corrected chi connectivity index (χ4v) is 8.17. The van der Waals surface area contributed by atoms with Crippen LogP contribution in [0.5, 0.6) is 5.75 Å². The standard InChI is InChI=1S/C62H69N3O/c1-58(2,3)44-26-24-39(25-27-44)41-30-31-63-52(35-41)43-32-42(33-46(34-43)60(7,8)9)48-22-19-23-54-55(48)64-57(50-37-47(61(10,11)12)38-51(56(50)66)62(13,14)15)65(54)53-29-28-45(59(4,5)6)36-49(53)40-20-17-16-18-21-40/h16-38,66H,1-15H3/i1D3,2D3,3D3,13D3,14D3,24D,25D,26D,27D. The van der Waals surface area contributed by atoms with Crippen molar-refractivity contribution in [3.05, 3.63) is 167 Å². The lowest BCUT2D eigenvalue weighted by Crippen LogP contribution is -2.17. The molecular formula is C62H69N3O. The number of nitrogens with zero attached hydrogens (tertiary/aromatic N) is 3. The maximum atomic E-state index is 12.8. The molecule has 2 aromatic heterocycles. The molecular weight excluding hydrogens is 803 g/mol. The first-order valence-electron chi connectivity index (χ1n) is 31.6. The van der Waals surface area contributed by atoms with Gasteiger partial charge in [-0.05, 0) is 120 Å². The highest BCUT2D eigenvalue weighted by Gasteiger charge is 2.30. The molecule has 0 aliphatic heterocycles. The van der Waals surface area contributed by atoms with Crippen molar-refractivity contribution >= 4 is 11.0 Å². The van der Waals surface area contributed by atoms with Crippen LogP contribution in [0.25, 0.3) is 72.7 Å². The van der Waals surface area contributed by atoms with Gasteiger partial charge in [-0.2, -0.15) is 0 Å². The smallest absolute Gasteiger partial charge is 0.149 e. The van der Waals surface area contributed by atoms with Gasteiger partial charge < -0.3 is 5.11 Å². The third-order valence-corrected chi connectivity index (χ3v) is 12.1. The largest absolute Gasteiger partial charge is 0.507 e. The number of aromatic hydroxyl groups is 1. The number of benzene rings is 6. The van der Waals surface area contributed by atoms with Gasteiger partial charge >= 0.3 is 0 Å². The number of rotatable bonds is 6. The maximum absolute atomic E-state index is 12.8. The number of pyridine rings is 1. The van der Waals surface area contributed by atoms with Crippen LogP contribution in [0.15, 0.2) is 140 Å². The molecule has 0 aliphatic rings. The zero-order chi connectivity index (χ0) is 63.7. The second-order valence-electron chi connectivity index (χ2n) is 20.6. The third-order valence-electron chi connectivity index (χ3n) is 12.1. The molecule has 1 N–H and O–H groups in total. The summed E-state index contributed by atoms with van der Waals surface area (Å²) in [6.45, 7) is 1.39. The van der Waals surface area contributed by atoms with Crippen molar-refractivity contribution in [1.82, 2.24) is 14.5 Å². The van der Waals surface area contributed by atoms with Crippen molar-refractivity contribution in [3.63, 3.8) is 0 Å². The van der Waals surface area contributed by atoms with Crippen LogP contribution in [0.1, 0.15) is 157 Å². The average Bonchev–Trinajstić information content (AvgIpc) is 0.772. The van der Waals surface area contributed by atoms with E-state index in [1.807, 2.05) is 125 Å². The molecule has 8 rings (SSSR count). The van der Waals surface area contributed by atoms with Gasteiger partial charge in [0.25, 0.3) is 0 Å². The van der Waals surface area contributed by atoms with E-state index >= 15 is 0 Å². The molecule has 4 nitrogen and oxygen atoms in total. The van der Waals surface area contributed by atoms with Crippen LogP contribution in [-0.4, -0.2) is 19.6 Å². The quantitative estimate of drug-likeness (QED) is 0.181. The minimum absolute atomic E-state index is 0.0699. The molecule has 0 atom stereocenters. The van der Waals surface area contributed by atoms with Crippen LogP contribution in [0.4, 0.5) is 0 Å². The highest BCUT2D eigenvalue weighted by atomic mass is 16.3. The minimum Gasteiger partial charge on any atom is -0.507 e. The zero-order valence-electron chi connectivity index (χ0n) is 58.3. The summed E-state index contributed by atoms with van der Waals surface area (Å²) in [5.74, 6) is -0.397. The van der Waals surface area contributed by atoms with E-state index in [4.69, 9.17) is 33.3 Å². The van der Waals surface area contributed by atoms with Crippen LogP contribution in [0, 0.1) is 0 Å². The number of phenolic OH excluding ortho intramolecular Hbond substituents is 1. The molecule has 0 unspecified atom stereocenters. The van der Waals surface area contributed by atoms with E-state index in [1.165, 1.54) is 24.4 Å². The van der Waals surface area contributed by atoms with E-state index < -0.39 is 91.4 Å². The van der Waals surface area contributed by atoms with Crippen molar-refractivity contribution in [1.29, 1.82) is 0 Å². The Kier molecular flexibility index (Phi) is 7.04. The molecule has 0 spiro atoms. The Labute approximate surface area is 421 Å². The summed E-state index contributed by atoms with van der Waals surface area (Å²) in [7, 11) is 0. The summed E-state index contributed by atoms with van der Waals surface area (Å²) in [4.78, 5) is 10.2. The van der Waals surface area contributed by atoms with Gasteiger partial charge in [-0.15, -0.1) is 0 Å². The Hall–Kier alpha value is -6.26. The van der Waals surface area contributed by atoms with E-state index in [-0.39, 0.29) is 39.2 Å². The van der Waals surface area contributed by atoms with Crippen molar-refractivity contribution in [2.45, 2.75) is 131 Å². The normalized spacial score (nSPS) is 18.0. The molecule has 66 heavy (non-hydrogen) atoms. The van der Waals surface area contributed by atoms with Crippen molar-refractivity contribution in [2.75, 3.05) is 0 Å². The monoisotopic (exact) mass is 891 g/mol. The highest BCUT2D eigenvalue weighted by Crippen LogP contribution is 2.46. The van der Waals surface area contributed by atoms with E-state index in [9.17, 15) is 7.85 Å². The van der Waals surface area contributed by atoms with E-state index in [1.54, 1.807) is 6.07 Å². The first kappa shape index (κ1) is 28.0. The van der Waals surface area contributed by atoms with Crippen LogP contribution in [-0.2, 0) is 27.1 Å². The fourth-order valence-electron chi connectivity index (χ4n) is 8.17. The van der Waals surface area contributed by atoms with Gasteiger partial charge in [0.15, 0.2) is 0 Å². The molecule has 6 aromatic carbocycles. The second-order valence-corrected chi connectivity index (χ2v) is 20.6. The lowest BCUT2D eigenvalue weighted by molar-refractivity contribution is 0.446. The molecule has 2 heterocycles. The van der Waals surface area contributed by atoms with Crippen LogP contribution in [0.3, 0.4) is 0 Å². The van der Waals surface area contributed by atoms with E-state index in [2.05, 4.69) is 26.8 Å². The molecule has 0 amide bonds. The summed E-state index contributed by atoms with van der Waals surface area (Å²) in [5.41, 5.74) is -2.06. The number of aromatic nitrogens is 3. The topological polar surface area (TPSA) is 50.9 Å². The van der Waals surface area contributed by atoms with Crippen molar-refractivity contribution < 1.29 is 31.2 Å². The van der Waals surface area contributed by atoms with Gasteiger partial charge in [-0.25, -0.2) is 4.98 Å². The third kappa shape index (κ3) is 9.12. The Morgan fingerprint density at radius 3 is 1.77 bits per heavy atom. The van der Waals surface area contributed by atoms with Gasteiger partial charge in [-0.3, -0.25) is 9.55 Å². The molecule has 0 saturated heterocycles. The number of hydrogen-bond donors (Lipinski definition) is 1. The van der Waals surface area contributed by atoms with Crippen molar-refractivity contribution in [3.8, 4) is 67.5 Å². The predicted molar refractivity (Wildman–Crippen MR) is 281 cm³/mol. The summed E-state index contributed by atoms with van der Waals surface area (Å²) in [5, 5.41) is 12.8. The molecule has 0 fully saturated rings. The summed E-state index contributed by atoms with van der Waals surface area (Å²) in [6.07, 6.45) is 1.38. The van der Waals surface area contributed by atoms with Gasteiger partial charge in [0, 0.05) is 49.0 Å². The number of hydrogen-bond acceptors (Lipinski definition) is 3. The minimum atomic E-state index is -3.85. The van der Waals surface area contributed by atoms with Gasteiger partial charge in [0.2, 0.25) is 0 Å². The lowest BCUT2D eigenvalue weighted by atomic mass is 9.79. The number of para-hydroxylation sites is 1. The molecule has 4 heteroatoms. The molecule has 0 aliphatic carbocycles. The summed E-state index contributed by atoms with van der Waals surface area (Å²) >= 11 is 0. The Bertz CT molecular complexity index is 3820. The lowest BCUT2D eigenvalue weighted by Gasteiger charge is -2.28. The second kappa shape index (κ2) is 16.6. The molecule has 338 valence electrons. The summed E-state index contributed by atoms with van der Waals surface area (Å²) < 4.78 is 165. The Morgan fingerprint density at radius 2 is 1.12 bits per heavy atom. The van der Waals surface area contributed by atoms with Gasteiger partial charge in [0.1, 0.15) is 11.6 Å². The number of imidazole rings is 1. The number of phenols is 1. The first-order valence-corrected chi connectivity index (χ1v) is 22.1. The average molecular weight is 891 g/mol. The molecule has 0 bridgehead atoms. The van der Waals surface area contributed by atoms with Gasteiger partial charge in [-0.1, -0.05) is 188 Å². The number of fused-ring (bicyclic) bond motifs is 1. The maximum Gasteiger partial charge on any atom is 0.149 e. The molecule has 0 saturated carbocycles. The predicted octanol–water partition coefficient (Wildman–Crippen LogP) is 16.9. The molecule has 0 radical (unpaired) electrons. The van der Waals surface area contributed by atoms with Crippen molar-refractivity contribution in [2.24, 2.45) is 0 Å². The first-order chi connectivity index (χ1) is 38.7. The van der Waals surface area contributed by atoms with E-state index in [0.717, 1.165) is 29.2 Å². The van der Waals surface area contributed by atoms with Gasteiger partial charge in [0.05, 0.1) is 33.5 Å². The Balaban J connectivity index is 1.46. The summed E-state index contributed by atoms with van der Waals surface area (Å²) in [6, 6.07) is 29.3. The van der Waals surface area contributed by atoms with Crippen LogP contribution in [0.2, 0.25) is 0 Å². The van der Waals surface area contributed by atoms with Crippen LogP contribution >= 0.6 is 0 Å².